The van der Waals surface area contributed by atoms with Gasteiger partial charge in [0.15, 0.2) is 9.96 Å². The number of nitrogens with zero attached hydrogens (tertiary/aromatic N) is 1. The number of sulfonamides is 1. The van der Waals surface area contributed by atoms with Crippen molar-refractivity contribution in [3.8, 4) is 5.75 Å². The van der Waals surface area contributed by atoms with Gasteiger partial charge in [-0.15, -0.1) is 11.3 Å². The summed E-state index contributed by atoms with van der Waals surface area (Å²) in [5.41, 5.74) is 4.96. The van der Waals surface area contributed by atoms with Gasteiger partial charge in [0, 0.05) is 18.0 Å². The smallest absolute Gasteiger partial charge is 0.256 e. The van der Waals surface area contributed by atoms with E-state index < -0.39 is 15.6 Å². The molecular formula is C9H16N2O3S2. The minimum atomic E-state index is -3.68. The van der Waals surface area contributed by atoms with Gasteiger partial charge in [0.05, 0.1) is 5.69 Å². The summed E-state index contributed by atoms with van der Waals surface area (Å²) in [5, 5.41) is 11.0. The molecule has 7 heteroatoms. The number of nitrogens with two attached hydrogens (primary N) is 1. The van der Waals surface area contributed by atoms with Crippen LogP contribution in [0.25, 0.3) is 0 Å². The zero-order valence-corrected chi connectivity index (χ0v) is 11.3. The average Bonchev–Trinajstić information content (AvgIpc) is 2.45. The zero-order valence-electron chi connectivity index (χ0n) is 9.68. The third-order valence-corrected chi connectivity index (χ3v) is 5.93. The SMILES string of the molecule is CN(C(C)(C)C)S(=O)(=O)c1scc(N)c1O. The van der Waals surface area contributed by atoms with Gasteiger partial charge in [0.1, 0.15) is 0 Å². The van der Waals surface area contributed by atoms with Crippen LogP contribution in [0.3, 0.4) is 0 Å². The van der Waals surface area contributed by atoms with E-state index >= 15 is 0 Å². The zero-order chi connectivity index (χ0) is 12.7. The summed E-state index contributed by atoms with van der Waals surface area (Å²) < 4.78 is 25.4. The van der Waals surface area contributed by atoms with Crippen molar-refractivity contribution in [2.24, 2.45) is 0 Å². The predicted molar refractivity (Wildman–Crippen MR) is 65.1 cm³/mol. The van der Waals surface area contributed by atoms with Crippen LogP contribution in [0.15, 0.2) is 9.59 Å². The fourth-order valence-corrected chi connectivity index (χ4v) is 3.89. The Kier molecular flexibility index (Phi) is 3.24. The Balaban J connectivity index is 3.28. The third-order valence-electron chi connectivity index (χ3n) is 2.30. The molecule has 0 atom stereocenters. The first kappa shape index (κ1) is 13.3. The summed E-state index contributed by atoms with van der Waals surface area (Å²) in [7, 11) is -2.21. The lowest BCUT2D eigenvalue weighted by Crippen LogP contribution is -2.42. The highest BCUT2D eigenvalue weighted by molar-refractivity contribution is 7.91. The van der Waals surface area contributed by atoms with Crippen molar-refractivity contribution in [1.29, 1.82) is 0 Å². The summed E-state index contributed by atoms with van der Waals surface area (Å²) in [5.74, 6) is -0.360. The molecule has 0 aliphatic rings. The first-order chi connectivity index (χ1) is 7.08. The van der Waals surface area contributed by atoms with Crippen molar-refractivity contribution < 1.29 is 13.5 Å². The van der Waals surface area contributed by atoms with E-state index in [0.717, 1.165) is 11.3 Å². The molecule has 0 amide bonds. The second kappa shape index (κ2) is 3.90. The quantitative estimate of drug-likeness (QED) is 0.847. The van der Waals surface area contributed by atoms with Crippen molar-refractivity contribution in [1.82, 2.24) is 4.31 Å². The maximum Gasteiger partial charge on any atom is 0.256 e. The first-order valence-electron chi connectivity index (χ1n) is 4.63. The molecule has 0 spiro atoms. The molecule has 0 fully saturated rings. The number of anilines is 1. The first-order valence-corrected chi connectivity index (χ1v) is 6.95. The van der Waals surface area contributed by atoms with Crippen LogP contribution >= 0.6 is 11.3 Å². The molecule has 0 aliphatic carbocycles. The number of rotatable bonds is 2. The third kappa shape index (κ3) is 2.16. The highest BCUT2D eigenvalue weighted by Crippen LogP contribution is 2.38. The molecule has 0 saturated carbocycles. The molecule has 0 aliphatic heterocycles. The van der Waals surface area contributed by atoms with Gasteiger partial charge in [-0.2, -0.15) is 4.31 Å². The number of hydrogen-bond donors (Lipinski definition) is 2. The molecule has 1 rings (SSSR count). The fraction of sp³-hybridized carbons (Fsp3) is 0.556. The van der Waals surface area contributed by atoms with Crippen molar-refractivity contribution in [2.45, 2.75) is 30.5 Å². The maximum absolute atomic E-state index is 12.1. The monoisotopic (exact) mass is 264 g/mol. The van der Waals surface area contributed by atoms with E-state index in [1.54, 1.807) is 20.8 Å². The minimum absolute atomic E-state index is 0.0888. The van der Waals surface area contributed by atoms with Crippen LogP contribution in [0.5, 0.6) is 5.75 Å². The van der Waals surface area contributed by atoms with Crippen molar-refractivity contribution in [2.75, 3.05) is 12.8 Å². The van der Waals surface area contributed by atoms with Gasteiger partial charge in [0.25, 0.3) is 10.0 Å². The lowest BCUT2D eigenvalue weighted by Gasteiger charge is -2.30. The lowest BCUT2D eigenvalue weighted by atomic mass is 10.1. The molecule has 1 heterocycles. The van der Waals surface area contributed by atoms with Crippen LogP contribution < -0.4 is 5.73 Å². The average molecular weight is 264 g/mol. The summed E-state index contributed by atoms with van der Waals surface area (Å²) in [6.07, 6.45) is 0. The second-order valence-electron chi connectivity index (χ2n) is 4.47. The van der Waals surface area contributed by atoms with Gasteiger partial charge in [-0.25, -0.2) is 8.42 Å². The number of thiophene rings is 1. The van der Waals surface area contributed by atoms with Crippen molar-refractivity contribution >= 4 is 27.0 Å². The molecule has 0 saturated heterocycles. The maximum atomic E-state index is 12.1. The summed E-state index contributed by atoms with van der Waals surface area (Å²) in [6, 6.07) is 0. The minimum Gasteiger partial charge on any atom is -0.504 e. The Hall–Kier alpha value is -0.790. The second-order valence-corrected chi connectivity index (χ2v) is 7.51. The van der Waals surface area contributed by atoms with Crippen LogP contribution in [0.2, 0.25) is 0 Å². The molecule has 3 N–H and O–H groups in total. The van der Waals surface area contributed by atoms with E-state index in [9.17, 15) is 13.5 Å². The molecule has 1 aromatic rings. The molecule has 0 bridgehead atoms. The molecule has 92 valence electrons. The molecule has 0 unspecified atom stereocenters. The van der Waals surface area contributed by atoms with E-state index in [-0.39, 0.29) is 15.6 Å². The summed E-state index contributed by atoms with van der Waals surface area (Å²) in [4.78, 5) is 0. The van der Waals surface area contributed by atoms with Gasteiger partial charge in [-0.05, 0) is 20.8 Å². The van der Waals surface area contributed by atoms with E-state index in [4.69, 9.17) is 5.73 Å². The normalized spacial score (nSPS) is 13.3. The highest BCUT2D eigenvalue weighted by atomic mass is 32.2. The largest absolute Gasteiger partial charge is 0.504 e. The van der Waals surface area contributed by atoms with Crippen LogP contribution in [0.4, 0.5) is 5.69 Å². The molecule has 16 heavy (non-hydrogen) atoms. The van der Waals surface area contributed by atoms with Gasteiger partial charge >= 0.3 is 0 Å². The fourth-order valence-electron chi connectivity index (χ4n) is 1.01. The van der Waals surface area contributed by atoms with Gasteiger partial charge < -0.3 is 10.8 Å². The van der Waals surface area contributed by atoms with Gasteiger partial charge in [-0.1, -0.05) is 0 Å². The van der Waals surface area contributed by atoms with E-state index in [1.165, 1.54) is 16.7 Å². The Morgan fingerprint density at radius 3 is 2.25 bits per heavy atom. The standard InChI is InChI=1S/C9H16N2O3S2/c1-9(2,3)11(4)16(13,14)8-7(12)6(10)5-15-8/h5,12H,10H2,1-4H3. The molecule has 5 nitrogen and oxygen atoms in total. The highest BCUT2D eigenvalue weighted by Gasteiger charge is 2.33. The number of aromatic hydroxyl groups is 1. The predicted octanol–water partition coefficient (Wildman–Crippen LogP) is 1.45. The van der Waals surface area contributed by atoms with Gasteiger partial charge in [0.2, 0.25) is 0 Å². The van der Waals surface area contributed by atoms with Crippen LogP contribution in [0, 0.1) is 0 Å². The van der Waals surface area contributed by atoms with E-state index in [2.05, 4.69) is 0 Å². The Labute approximate surface area is 99.6 Å². The van der Waals surface area contributed by atoms with Crippen LogP contribution in [-0.4, -0.2) is 30.4 Å². The molecule has 0 radical (unpaired) electrons. The van der Waals surface area contributed by atoms with Crippen molar-refractivity contribution in [3.63, 3.8) is 0 Å². The van der Waals surface area contributed by atoms with Crippen LogP contribution in [-0.2, 0) is 10.0 Å². The van der Waals surface area contributed by atoms with Crippen LogP contribution in [0.1, 0.15) is 20.8 Å². The topological polar surface area (TPSA) is 83.6 Å². The van der Waals surface area contributed by atoms with Crippen molar-refractivity contribution in [3.05, 3.63) is 5.38 Å². The van der Waals surface area contributed by atoms with E-state index in [0.29, 0.717) is 0 Å². The lowest BCUT2D eigenvalue weighted by molar-refractivity contribution is 0.291. The number of hydrogen-bond acceptors (Lipinski definition) is 5. The van der Waals surface area contributed by atoms with E-state index in [1.807, 2.05) is 0 Å². The number of nitrogen functional groups attached to an aromatic ring is 1. The summed E-state index contributed by atoms with van der Waals surface area (Å²) in [6.45, 7) is 5.33. The Morgan fingerprint density at radius 2 is 1.94 bits per heavy atom. The Bertz CT molecular complexity index is 485. The summed E-state index contributed by atoms with van der Waals surface area (Å²) >= 11 is 0.923. The van der Waals surface area contributed by atoms with Gasteiger partial charge in [-0.3, -0.25) is 0 Å². The Morgan fingerprint density at radius 1 is 1.44 bits per heavy atom. The molecule has 1 aromatic heterocycles. The molecule has 0 aromatic carbocycles. The molecular weight excluding hydrogens is 248 g/mol.